The molecule has 1 aliphatic heterocycles. The molecule has 10 heteroatoms. The minimum atomic E-state index is -1.17. The Balaban J connectivity index is 1.16. The van der Waals surface area contributed by atoms with Crippen LogP contribution in [-0.2, 0) is 22.7 Å². The molecule has 2 heterocycles. The van der Waals surface area contributed by atoms with E-state index in [2.05, 4.69) is 15.6 Å². The molecule has 0 unspecified atom stereocenters. The number of piperidine rings is 1. The molecule has 1 aromatic rings. The van der Waals surface area contributed by atoms with Crippen molar-refractivity contribution < 1.29 is 24.9 Å². The fraction of sp³-hybridized carbons (Fsp3) is 0.885. The maximum absolute atomic E-state index is 11.7. The molecule has 1 saturated heterocycles. The van der Waals surface area contributed by atoms with Gasteiger partial charge in [0.15, 0.2) is 0 Å². The summed E-state index contributed by atoms with van der Waals surface area (Å²) in [6.07, 6.45) is 8.51. The van der Waals surface area contributed by atoms with Crippen molar-refractivity contribution in [2.24, 2.45) is 23.2 Å². The summed E-state index contributed by atoms with van der Waals surface area (Å²) >= 11 is 0. The number of aliphatic hydroxyl groups is 3. The molecule has 0 spiro atoms. The molecule has 1 aromatic heterocycles. The maximum atomic E-state index is 11.7. The predicted octanol–water partition coefficient (Wildman–Crippen LogP) is 0.693. The van der Waals surface area contributed by atoms with Gasteiger partial charge in [-0.05, 0) is 68.1 Å². The Hall–Kier alpha value is -1.59. The zero-order valence-electron chi connectivity index (χ0n) is 21.6. The average molecular weight is 506 g/mol. The number of hydrogen-bond donors (Lipinski definition) is 4. The SMILES string of the molecule is CC[C@@H]1[C@H](NC(C)=O)[C@@H](O)[C@H](O)[C@@H](CO)N1CCn1cc(COCC23CC4CC(CC(C4)C2)C3)nn1. The van der Waals surface area contributed by atoms with Crippen molar-refractivity contribution in [1.82, 2.24) is 25.2 Å². The van der Waals surface area contributed by atoms with Gasteiger partial charge in [0.1, 0.15) is 11.8 Å². The number of carbonyl (C=O) groups excluding carboxylic acids is 1. The lowest BCUT2D eigenvalue weighted by Gasteiger charge is -2.56. The van der Waals surface area contributed by atoms with Gasteiger partial charge in [-0.25, -0.2) is 0 Å². The number of ether oxygens (including phenoxy) is 1. The number of aliphatic hydroxyl groups excluding tert-OH is 3. The molecule has 4 saturated carbocycles. The summed E-state index contributed by atoms with van der Waals surface area (Å²) in [5.41, 5.74) is 1.18. The Kier molecular flexibility index (Phi) is 7.70. The fourth-order valence-corrected chi connectivity index (χ4v) is 8.34. The molecule has 4 aliphatic carbocycles. The topological polar surface area (TPSA) is 133 Å². The van der Waals surface area contributed by atoms with Crippen molar-refractivity contribution in [2.75, 3.05) is 19.8 Å². The van der Waals surface area contributed by atoms with Crippen molar-refractivity contribution in [2.45, 2.75) is 102 Å². The van der Waals surface area contributed by atoms with Crippen LogP contribution in [0.4, 0.5) is 0 Å². The van der Waals surface area contributed by atoms with Gasteiger partial charge in [0.25, 0.3) is 0 Å². The summed E-state index contributed by atoms with van der Waals surface area (Å²) in [5.74, 6) is 2.47. The highest BCUT2D eigenvalue weighted by molar-refractivity contribution is 5.73. The van der Waals surface area contributed by atoms with Crippen LogP contribution in [0.2, 0.25) is 0 Å². The van der Waals surface area contributed by atoms with E-state index in [1.165, 1.54) is 45.4 Å². The molecule has 36 heavy (non-hydrogen) atoms. The molecular formula is C26H43N5O5. The summed E-state index contributed by atoms with van der Waals surface area (Å²) in [7, 11) is 0. The van der Waals surface area contributed by atoms with Crippen LogP contribution < -0.4 is 5.32 Å². The quantitative estimate of drug-likeness (QED) is 0.365. The zero-order chi connectivity index (χ0) is 25.4. The van der Waals surface area contributed by atoms with E-state index >= 15 is 0 Å². The van der Waals surface area contributed by atoms with E-state index < -0.39 is 24.3 Å². The molecule has 5 aliphatic rings. The molecule has 1 amide bonds. The highest BCUT2D eigenvalue weighted by Gasteiger charge is 2.51. The van der Waals surface area contributed by atoms with Gasteiger partial charge in [-0.1, -0.05) is 12.1 Å². The van der Waals surface area contributed by atoms with Crippen molar-refractivity contribution in [3.05, 3.63) is 11.9 Å². The van der Waals surface area contributed by atoms with Crippen LogP contribution in [0, 0.1) is 23.2 Å². The van der Waals surface area contributed by atoms with Crippen LogP contribution in [0.5, 0.6) is 0 Å². The van der Waals surface area contributed by atoms with Crippen LogP contribution in [-0.4, -0.2) is 91.2 Å². The lowest BCUT2D eigenvalue weighted by atomic mass is 9.50. The number of carbonyl (C=O) groups is 1. The second kappa shape index (κ2) is 10.6. The van der Waals surface area contributed by atoms with E-state index in [-0.39, 0.29) is 18.6 Å². The Morgan fingerprint density at radius 1 is 1.11 bits per heavy atom. The van der Waals surface area contributed by atoms with Gasteiger partial charge >= 0.3 is 0 Å². The summed E-state index contributed by atoms with van der Waals surface area (Å²) in [6.45, 7) is 5.35. The normalized spacial score (nSPS) is 40.0. The first-order valence-electron chi connectivity index (χ1n) is 13.8. The van der Waals surface area contributed by atoms with Crippen molar-refractivity contribution in [3.8, 4) is 0 Å². The first-order chi connectivity index (χ1) is 17.3. The molecule has 4 bridgehead atoms. The van der Waals surface area contributed by atoms with E-state index in [1.54, 1.807) is 4.68 Å². The second-order valence-corrected chi connectivity index (χ2v) is 12.1. The zero-order valence-corrected chi connectivity index (χ0v) is 21.6. The van der Waals surface area contributed by atoms with E-state index in [1.807, 2.05) is 18.0 Å². The van der Waals surface area contributed by atoms with Crippen LogP contribution in [0.25, 0.3) is 0 Å². The Morgan fingerprint density at radius 2 is 1.78 bits per heavy atom. The van der Waals surface area contributed by atoms with Gasteiger partial charge in [-0.3, -0.25) is 14.4 Å². The van der Waals surface area contributed by atoms with Crippen LogP contribution in [0.3, 0.4) is 0 Å². The summed E-state index contributed by atoms with van der Waals surface area (Å²) in [5, 5.41) is 42.6. The molecule has 0 aromatic carbocycles. The minimum absolute atomic E-state index is 0.226. The van der Waals surface area contributed by atoms with E-state index in [9.17, 15) is 20.1 Å². The molecular weight excluding hydrogens is 462 g/mol. The summed E-state index contributed by atoms with van der Waals surface area (Å²) in [6, 6.07) is -1.47. The number of hydrogen-bond acceptors (Lipinski definition) is 8. The van der Waals surface area contributed by atoms with Gasteiger partial charge in [0.05, 0.1) is 50.7 Å². The lowest BCUT2D eigenvalue weighted by Crippen LogP contribution is -2.71. The third kappa shape index (κ3) is 5.20. The van der Waals surface area contributed by atoms with Crippen LogP contribution in [0.1, 0.15) is 64.5 Å². The Bertz CT molecular complexity index is 874. The minimum Gasteiger partial charge on any atom is -0.395 e. The molecule has 6 rings (SSSR count). The molecule has 5 fully saturated rings. The second-order valence-electron chi connectivity index (χ2n) is 12.1. The van der Waals surface area contributed by atoms with Gasteiger partial charge in [0.2, 0.25) is 5.91 Å². The first-order valence-corrected chi connectivity index (χ1v) is 13.8. The number of nitrogens with one attached hydrogen (secondary N) is 1. The van der Waals surface area contributed by atoms with Gasteiger partial charge in [0, 0.05) is 19.5 Å². The standard InChI is InChI=1S/C26H43N5O5/c1-3-21-23(27-16(2)33)25(35)24(34)22(13-32)31(21)5-4-30-12-20(28-29-30)14-36-15-26-9-17-6-18(10-26)8-19(7-17)11-26/h12,17-19,21-25,32,34-35H,3-11,13-15H2,1-2H3,(H,27,33)/t17?,18?,19?,21-,22-,23+,24-,25-,26?/m1/s1. The molecule has 10 nitrogen and oxygen atoms in total. The molecule has 5 atom stereocenters. The Morgan fingerprint density at radius 3 is 2.36 bits per heavy atom. The monoisotopic (exact) mass is 505 g/mol. The number of amides is 1. The van der Waals surface area contributed by atoms with E-state index in [0.717, 1.165) is 30.1 Å². The first kappa shape index (κ1) is 26.0. The largest absolute Gasteiger partial charge is 0.395 e. The highest BCUT2D eigenvalue weighted by Crippen LogP contribution is 2.60. The molecule has 0 radical (unpaired) electrons. The van der Waals surface area contributed by atoms with Gasteiger partial charge in [-0.2, -0.15) is 0 Å². The van der Waals surface area contributed by atoms with Gasteiger partial charge in [-0.15, -0.1) is 5.10 Å². The number of likely N-dealkylation sites (tertiary alicyclic amines) is 1. The molecule has 4 N–H and O–H groups in total. The number of rotatable bonds is 10. The number of nitrogens with zero attached hydrogens (tertiary/aromatic N) is 4. The Labute approximate surface area is 213 Å². The van der Waals surface area contributed by atoms with E-state index in [4.69, 9.17) is 4.74 Å². The van der Waals surface area contributed by atoms with Gasteiger partial charge < -0.3 is 25.4 Å². The number of aromatic nitrogens is 3. The average Bonchev–Trinajstić information content (AvgIpc) is 3.27. The van der Waals surface area contributed by atoms with Crippen molar-refractivity contribution >= 4 is 5.91 Å². The smallest absolute Gasteiger partial charge is 0.217 e. The van der Waals surface area contributed by atoms with Crippen molar-refractivity contribution in [1.29, 1.82) is 0 Å². The predicted molar refractivity (Wildman–Crippen MR) is 132 cm³/mol. The lowest BCUT2D eigenvalue weighted by molar-refractivity contribution is -0.140. The maximum Gasteiger partial charge on any atom is 0.217 e. The third-order valence-corrected chi connectivity index (χ3v) is 9.35. The van der Waals surface area contributed by atoms with E-state index in [0.29, 0.717) is 31.5 Å². The molecule has 202 valence electrons. The van der Waals surface area contributed by atoms with Crippen LogP contribution in [0.15, 0.2) is 6.20 Å². The fourth-order valence-electron chi connectivity index (χ4n) is 8.34. The van der Waals surface area contributed by atoms with Crippen molar-refractivity contribution in [3.63, 3.8) is 0 Å². The summed E-state index contributed by atoms with van der Waals surface area (Å²) in [4.78, 5) is 13.7. The third-order valence-electron chi connectivity index (χ3n) is 9.35. The summed E-state index contributed by atoms with van der Waals surface area (Å²) < 4.78 is 7.96. The van der Waals surface area contributed by atoms with Crippen LogP contribution >= 0.6 is 0 Å². The highest BCUT2D eigenvalue weighted by atomic mass is 16.5.